The van der Waals surface area contributed by atoms with E-state index in [1.807, 2.05) is 18.2 Å². The van der Waals surface area contributed by atoms with E-state index in [1.165, 1.54) is 5.57 Å². The third-order valence-corrected chi connectivity index (χ3v) is 5.26. The van der Waals surface area contributed by atoms with E-state index in [2.05, 4.69) is 25.3 Å². The van der Waals surface area contributed by atoms with Crippen molar-refractivity contribution in [3.05, 3.63) is 77.6 Å². The molecule has 0 radical (unpaired) electrons. The van der Waals surface area contributed by atoms with Gasteiger partial charge in [-0.1, -0.05) is 83.9 Å². The second-order valence-electron chi connectivity index (χ2n) is 6.77. The van der Waals surface area contributed by atoms with Crippen molar-refractivity contribution in [1.29, 1.82) is 0 Å². The zero-order valence-corrected chi connectivity index (χ0v) is 18.2. The third-order valence-electron chi connectivity index (χ3n) is 4.93. The zero-order chi connectivity index (χ0) is 21.0. The van der Waals surface area contributed by atoms with Crippen molar-refractivity contribution in [1.82, 2.24) is 4.90 Å². The Kier molecular flexibility index (Phi) is 6.99. The normalized spacial score (nSPS) is 17.3. The molecule has 0 saturated carbocycles. The van der Waals surface area contributed by atoms with Gasteiger partial charge in [-0.15, -0.1) is 0 Å². The molecule has 1 saturated heterocycles. The summed E-state index contributed by atoms with van der Waals surface area (Å²) in [6.07, 6.45) is 4.45. The van der Waals surface area contributed by atoms with Gasteiger partial charge >= 0.3 is 6.09 Å². The first-order valence-electron chi connectivity index (χ1n) is 9.25. The minimum absolute atomic E-state index is 0.280. The fourth-order valence-electron chi connectivity index (χ4n) is 3.59. The molecule has 1 amide bonds. The maximum absolute atomic E-state index is 12.3. The third kappa shape index (κ3) is 5.19. The van der Waals surface area contributed by atoms with Crippen LogP contribution in [0.15, 0.2) is 66.5 Å². The Morgan fingerprint density at radius 1 is 1.17 bits per heavy atom. The van der Waals surface area contributed by atoms with Crippen molar-refractivity contribution in [2.24, 2.45) is 0 Å². The van der Waals surface area contributed by atoms with Crippen molar-refractivity contribution in [2.75, 3.05) is 19.7 Å². The average molecular weight is 455 g/mol. The van der Waals surface area contributed by atoms with E-state index in [9.17, 15) is 4.79 Å². The van der Waals surface area contributed by atoms with Crippen LogP contribution >= 0.6 is 34.8 Å². The minimum atomic E-state index is -1.62. The molecule has 2 aliphatic heterocycles. The second kappa shape index (κ2) is 9.29. The van der Waals surface area contributed by atoms with Gasteiger partial charge in [0, 0.05) is 18.7 Å². The van der Waals surface area contributed by atoms with Crippen molar-refractivity contribution in [3.63, 3.8) is 0 Å². The number of fused-ring (bicyclic) bond motifs is 1. The predicted octanol–water partition coefficient (Wildman–Crippen LogP) is 6.20. The average Bonchev–Trinajstić information content (AvgIpc) is 2.87. The predicted molar refractivity (Wildman–Crippen MR) is 118 cm³/mol. The lowest BCUT2D eigenvalue weighted by Gasteiger charge is -2.30. The lowest BCUT2D eigenvalue weighted by molar-refractivity contribution is 0.101. The number of carbonyl (C=O) groups excluding carboxylic acids is 1. The van der Waals surface area contributed by atoms with Gasteiger partial charge < -0.3 is 14.4 Å². The van der Waals surface area contributed by atoms with Crippen LogP contribution in [0.4, 0.5) is 4.79 Å². The van der Waals surface area contributed by atoms with Crippen LogP contribution in [0, 0.1) is 0 Å². The van der Waals surface area contributed by atoms with Crippen molar-refractivity contribution in [3.8, 4) is 0 Å². The van der Waals surface area contributed by atoms with Crippen LogP contribution in [-0.4, -0.2) is 34.5 Å². The molecular formula is C22H22Cl3NO3. The van der Waals surface area contributed by atoms with Crippen LogP contribution in [0.2, 0.25) is 0 Å². The van der Waals surface area contributed by atoms with E-state index in [0.29, 0.717) is 38.3 Å². The molecule has 0 spiro atoms. The number of piperidine rings is 1. The van der Waals surface area contributed by atoms with Gasteiger partial charge in [-0.3, -0.25) is 0 Å². The van der Waals surface area contributed by atoms with Crippen LogP contribution in [0.3, 0.4) is 0 Å². The van der Waals surface area contributed by atoms with E-state index in [-0.39, 0.29) is 6.61 Å². The Balaban J connectivity index is 1.88. The molecular weight excluding hydrogens is 433 g/mol. The summed E-state index contributed by atoms with van der Waals surface area (Å²) in [5, 5.41) is 0. The SMILES string of the molecule is C=CC1=C(C=C)C(=C2CCN(C(=O)OCC(Cl)(Cl)Cl)CC2)c2ccccc2CO1. The maximum Gasteiger partial charge on any atom is 0.409 e. The summed E-state index contributed by atoms with van der Waals surface area (Å²) in [6, 6.07) is 8.17. The number of nitrogens with zero attached hydrogens (tertiary/aromatic N) is 1. The van der Waals surface area contributed by atoms with Gasteiger partial charge in [-0.25, -0.2) is 4.79 Å². The quantitative estimate of drug-likeness (QED) is 0.510. The summed E-state index contributed by atoms with van der Waals surface area (Å²) in [4.78, 5) is 13.9. The number of amides is 1. The number of hydrogen-bond donors (Lipinski definition) is 0. The Morgan fingerprint density at radius 2 is 1.86 bits per heavy atom. The number of hydrogen-bond acceptors (Lipinski definition) is 3. The molecule has 0 atom stereocenters. The number of rotatable bonds is 3. The summed E-state index contributed by atoms with van der Waals surface area (Å²) in [7, 11) is 0. The number of benzene rings is 1. The van der Waals surface area contributed by atoms with Gasteiger partial charge in [0.15, 0.2) is 0 Å². The van der Waals surface area contributed by atoms with Gasteiger partial charge in [0.1, 0.15) is 19.0 Å². The fourth-order valence-corrected chi connectivity index (χ4v) is 3.75. The first-order valence-corrected chi connectivity index (χ1v) is 10.4. The number of alkyl halides is 3. The van der Waals surface area contributed by atoms with Crippen LogP contribution in [0.1, 0.15) is 24.0 Å². The number of likely N-dealkylation sites (tertiary alicyclic amines) is 1. The van der Waals surface area contributed by atoms with E-state index in [0.717, 1.165) is 22.3 Å². The lowest BCUT2D eigenvalue weighted by atomic mass is 9.86. The van der Waals surface area contributed by atoms with Crippen molar-refractivity contribution in [2.45, 2.75) is 23.2 Å². The molecule has 2 aliphatic rings. The molecule has 1 fully saturated rings. The molecule has 154 valence electrons. The highest BCUT2D eigenvalue weighted by Gasteiger charge is 2.28. The lowest BCUT2D eigenvalue weighted by Crippen LogP contribution is -2.38. The number of ether oxygens (including phenoxy) is 2. The van der Waals surface area contributed by atoms with E-state index < -0.39 is 9.89 Å². The van der Waals surface area contributed by atoms with Gasteiger partial charge in [-0.2, -0.15) is 0 Å². The monoisotopic (exact) mass is 453 g/mol. The minimum Gasteiger partial charge on any atom is -0.488 e. The topological polar surface area (TPSA) is 38.8 Å². The van der Waals surface area contributed by atoms with Crippen LogP contribution in [0.25, 0.3) is 5.57 Å². The standard InChI is InChI=1S/C22H22Cl3NO3/c1-3-17-19(4-2)28-13-16-7-5-6-8-18(16)20(17)15-9-11-26(12-10-15)21(27)29-14-22(23,24)25/h3-8H,1-2,9-14H2. The van der Waals surface area contributed by atoms with Gasteiger partial charge in [0.05, 0.1) is 0 Å². The fraction of sp³-hybridized carbons (Fsp3) is 0.318. The Hall–Kier alpha value is -1.88. The van der Waals surface area contributed by atoms with E-state index >= 15 is 0 Å². The highest BCUT2D eigenvalue weighted by atomic mass is 35.6. The van der Waals surface area contributed by atoms with Gasteiger partial charge in [0.2, 0.25) is 3.79 Å². The zero-order valence-electron chi connectivity index (χ0n) is 15.9. The summed E-state index contributed by atoms with van der Waals surface area (Å²) in [5.74, 6) is 0.711. The molecule has 0 aliphatic carbocycles. The van der Waals surface area contributed by atoms with Gasteiger partial charge in [0.25, 0.3) is 0 Å². The Morgan fingerprint density at radius 3 is 2.48 bits per heavy atom. The molecule has 1 aromatic carbocycles. The molecule has 3 rings (SSSR count). The number of allylic oxidation sites excluding steroid dienone is 4. The van der Waals surface area contributed by atoms with E-state index in [1.54, 1.807) is 11.0 Å². The first-order chi connectivity index (χ1) is 13.8. The second-order valence-corrected chi connectivity index (χ2v) is 9.28. The van der Waals surface area contributed by atoms with Crippen LogP contribution in [0.5, 0.6) is 0 Å². The molecule has 0 bridgehead atoms. The van der Waals surface area contributed by atoms with Crippen molar-refractivity contribution >= 4 is 46.5 Å². The molecule has 0 aromatic heterocycles. The Labute approximate surface area is 186 Å². The molecule has 2 heterocycles. The highest BCUT2D eigenvalue weighted by Crippen LogP contribution is 2.39. The highest BCUT2D eigenvalue weighted by molar-refractivity contribution is 6.67. The summed E-state index contributed by atoms with van der Waals surface area (Å²) >= 11 is 17.0. The molecule has 0 unspecified atom stereocenters. The summed E-state index contributed by atoms with van der Waals surface area (Å²) in [6.45, 7) is 9.12. The first kappa shape index (κ1) is 21.8. The Bertz CT molecular complexity index is 874. The molecule has 4 nitrogen and oxygen atoms in total. The molecule has 0 N–H and O–H groups in total. The smallest absolute Gasteiger partial charge is 0.409 e. The van der Waals surface area contributed by atoms with Crippen LogP contribution < -0.4 is 0 Å². The summed E-state index contributed by atoms with van der Waals surface area (Å²) in [5.41, 5.74) is 5.50. The largest absolute Gasteiger partial charge is 0.488 e. The number of halogens is 3. The molecule has 29 heavy (non-hydrogen) atoms. The maximum atomic E-state index is 12.3. The summed E-state index contributed by atoms with van der Waals surface area (Å²) < 4.78 is 9.44. The van der Waals surface area contributed by atoms with Crippen LogP contribution in [-0.2, 0) is 16.1 Å². The number of carbonyl (C=O) groups is 1. The van der Waals surface area contributed by atoms with Gasteiger partial charge in [-0.05, 0) is 35.6 Å². The molecule has 1 aromatic rings. The molecule has 7 heteroatoms. The van der Waals surface area contributed by atoms with E-state index in [4.69, 9.17) is 44.3 Å². The van der Waals surface area contributed by atoms with Crippen molar-refractivity contribution < 1.29 is 14.3 Å².